The Bertz CT molecular complexity index is 1050. The van der Waals surface area contributed by atoms with Crippen molar-refractivity contribution in [2.75, 3.05) is 6.61 Å². The van der Waals surface area contributed by atoms with Crippen molar-refractivity contribution in [3.8, 4) is 17.1 Å². The molecule has 0 aliphatic heterocycles. The highest BCUT2D eigenvalue weighted by Crippen LogP contribution is 2.34. The van der Waals surface area contributed by atoms with E-state index in [9.17, 15) is 18.0 Å². The lowest BCUT2D eigenvalue weighted by atomic mass is 10.1. The lowest BCUT2D eigenvalue weighted by Gasteiger charge is -2.17. The number of unbranched alkanes of at least 4 members (excludes halogenated alkanes) is 2. The van der Waals surface area contributed by atoms with Crippen LogP contribution >= 0.6 is 11.6 Å². The number of rotatable bonds is 10. The average molecular weight is 467 g/mol. The van der Waals surface area contributed by atoms with Crippen LogP contribution in [0.15, 0.2) is 54.7 Å². The largest absolute Gasteiger partial charge is 0.493 e. The van der Waals surface area contributed by atoms with E-state index in [0.717, 1.165) is 10.8 Å². The summed E-state index contributed by atoms with van der Waals surface area (Å²) in [6, 6.07) is 13.4. The van der Waals surface area contributed by atoms with Crippen LogP contribution < -0.4 is 4.74 Å². The number of para-hydroxylation sites is 1. The van der Waals surface area contributed by atoms with Gasteiger partial charge in [-0.1, -0.05) is 29.8 Å². The molecule has 3 rings (SSSR count). The third kappa shape index (κ3) is 6.26. The normalized spacial score (nSPS) is 11.5. The highest BCUT2D eigenvalue weighted by Gasteiger charge is 2.36. The Hall–Kier alpha value is -3.00. The molecule has 0 bridgehead atoms. The Morgan fingerprint density at radius 1 is 1.06 bits per heavy atom. The molecule has 1 aromatic heterocycles. The SMILES string of the molecule is O=C(O)CCCCCOc1ccccc1Cn1c(C(F)(F)F)cnc1-c1ccc(Cl)cc1. The van der Waals surface area contributed by atoms with Crippen molar-refractivity contribution >= 4 is 17.6 Å². The number of aromatic nitrogens is 2. The van der Waals surface area contributed by atoms with Crippen molar-refractivity contribution in [3.63, 3.8) is 0 Å². The highest BCUT2D eigenvalue weighted by atomic mass is 35.5. The minimum atomic E-state index is -4.57. The summed E-state index contributed by atoms with van der Waals surface area (Å²) in [6.45, 7) is 0.263. The summed E-state index contributed by atoms with van der Waals surface area (Å²) in [4.78, 5) is 14.6. The molecule has 170 valence electrons. The van der Waals surface area contributed by atoms with Crippen LogP contribution in [0.5, 0.6) is 5.75 Å². The quantitative estimate of drug-likeness (QED) is 0.356. The molecule has 1 heterocycles. The number of aliphatic carboxylic acids is 1. The topological polar surface area (TPSA) is 64.3 Å². The third-order valence-corrected chi connectivity index (χ3v) is 5.09. The van der Waals surface area contributed by atoms with Gasteiger partial charge in [0.15, 0.2) is 0 Å². The summed E-state index contributed by atoms with van der Waals surface area (Å²) in [5.74, 6) is -0.180. The van der Waals surface area contributed by atoms with E-state index in [1.165, 1.54) is 0 Å². The van der Waals surface area contributed by atoms with Crippen molar-refractivity contribution in [3.05, 3.63) is 71.0 Å². The zero-order valence-electron chi connectivity index (χ0n) is 17.1. The number of alkyl halides is 3. The molecule has 2 aromatic carbocycles. The summed E-state index contributed by atoms with van der Waals surface area (Å²) < 4.78 is 47.9. The molecule has 0 radical (unpaired) electrons. The molecule has 5 nitrogen and oxygen atoms in total. The smallest absolute Gasteiger partial charge is 0.433 e. The van der Waals surface area contributed by atoms with Gasteiger partial charge in [0.1, 0.15) is 17.3 Å². The number of hydrogen-bond donors (Lipinski definition) is 1. The van der Waals surface area contributed by atoms with Gasteiger partial charge in [0.25, 0.3) is 0 Å². The number of hydrogen-bond acceptors (Lipinski definition) is 3. The van der Waals surface area contributed by atoms with Crippen LogP contribution in [-0.4, -0.2) is 27.2 Å². The standard InChI is InChI=1S/C23H22ClF3N2O3/c24-18-11-9-16(10-12-18)22-28-14-20(23(25,26)27)29(22)15-17-6-3-4-7-19(17)32-13-5-1-2-8-21(30)31/h3-4,6-7,9-12,14H,1-2,5,8,13,15H2,(H,30,31). The van der Waals surface area contributed by atoms with Crippen LogP contribution in [0.4, 0.5) is 13.2 Å². The molecule has 3 aromatic rings. The minimum absolute atomic E-state index is 0.0814. The molecule has 0 aliphatic rings. The molecule has 0 unspecified atom stereocenters. The maximum atomic E-state index is 13.7. The van der Waals surface area contributed by atoms with Crippen molar-refractivity contribution in [2.45, 2.75) is 38.4 Å². The minimum Gasteiger partial charge on any atom is -0.493 e. The van der Waals surface area contributed by atoms with Gasteiger partial charge in [-0.15, -0.1) is 0 Å². The average Bonchev–Trinajstić information content (AvgIpc) is 3.16. The molecule has 9 heteroatoms. The number of benzene rings is 2. The Balaban J connectivity index is 1.81. The van der Waals surface area contributed by atoms with Crippen LogP contribution in [0.1, 0.15) is 36.9 Å². The van der Waals surface area contributed by atoms with Gasteiger partial charge in [-0.3, -0.25) is 4.79 Å². The van der Waals surface area contributed by atoms with E-state index in [4.69, 9.17) is 21.4 Å². The summed E-state index contributed by atoms with van der Waals surface area (Å²) in [5.41, 5.74) is 0.240. The van der Waals surface area contributed by atoms with E-state index in [0.29, 0.717) is 47.8 Å². The molecule has 0 atom stereocenters. The summed E-state index contributed by atoms with van der Waals surface area (Å²) in [6.07, 6.45) is -1.75. The molecular weight excluding hydrogens is 445 g/mol. The van der Waals surface area contributed by atoms with Crippen LogP contribution in [0.25, 0.3) is 11.4 Å². The predicted octanol–water partition coefficient (Wildman–Crippen LogP) is 6.29. The zero-order valence-corrected chi connectivity index (χ0v) is 17.9. The second kappa shape index (κ2) is 10.5. The van der Waals surface area contributed by atoms with Crippen molar-refractivity contribution < 1.29 is 27.8 Å². The second-order valence-corrected chi connectivity index (χ2v) is 7.65. The number of carbonyl (C=O) groups is 1. The number of carboxylic acids is 1. The summed E-state index contributed by atoms with van der Waals surface area (Å²) >= 11 is 5.91. The molecule has 0 saturated carbocycles. The van der Waals surface area contributed by atoms with Gasteiger partial charge in [0, 0.05) is 22.6 Å². The molecule has 0 saturated heterocycles. The van der Waals surface area contributed by atoms with E-state index < -0.39 is 17.8 Å². The highest BCUT2D eigenvalue weighted by molar-refractivity contribution is 6.30. The fourth-order valence-electron chi connectivity index (χ4n) is 3.27. The molecule has 32 heavy (non-hydrogen) atoms. The van der Waals surface area contributed by atoms with Gasteiger partial charge < -0.3 is 14.4 Å². The monoisotopic (exact) mass is 466 g/mol. The molecule has 0 aliphatic carbocycles. The molecule has 0 spiro atoms. The maximum absolute atomic E-state index is 13.7. The first-order valence-corrected chi connectivity index (χ1v) is 10.4. The van der Waals surface area contributed by atoms with Crippen molar-refractivity contribution in [1.82, 2.24) is 9.55 Å². The van der Waals surface area contributed by atoms with Gasteiger partial charge in [-0.25, -0.2) is 4.98 Å². The first-order chi connectivity index (χ1) is 15.3. The predicted molar refractivity (Wildman–Crippen MR) is 115 cm³/mol. The van der Waals surface area contributed by atoms with Gasteiger partial charge >= 0.3 is 12.1 Å². The fraction of sp³-hybridized carbons (Fsp3) is 0.304. The van der Waals surface area contributed by atoms with Gasteiger partial charge in [0.2, 0.25) is 0 Å². The Morgan fingerprint density at radius 2 is 1.78 bits per heavy atom. The van der Waals surface area contributed by atoms with Crippen LogP contribution in [0.2, 0.25) is 5.02 Å². The summed E-state index contributed by atoms with van der Waals surface area (Å²) in [7, 11) is 0. The van der Waals surface area contributed by atoms with E-state index in [1.807, 2.05) is 0 Å². The van der Waals surface area contributed by atoms with Crippen LogP contribution in [0.3, 0.4) is 0 Å². The second-order valence-electron chi connectivity index (χ2n) is 7.22. The first kappa shape index (κ1) is 23.7. The van der Waals surface area contributed by atoms with Gasteiger partial charge in [0.05, 0.1) is 19.3 Å². The van der Waals surface area contributed by atoms with E-state index in [-0.39, 0.29) is 18.8 Å². The van der Waals surface area contributed by atoms with Crippen molar-refractivity contribution in [2.24, 2.45) is 0 Å². The number of nitrogens with zero attached hydrogens (tertiary/aromatic N) is 2. The van der Waals surface area contributed by atoms with Gasteiger partial charge in [-0.2, -0.15) is 13.2 Å². The lowest BCUT2D eigenvalue weighted by Crippen LogP contribution is -2.15. The van der Waals surface area contributed by atoms with Crippen LogP contribution in [-0.2, 0) is 17.5 Å². The first-order valence-electron chi connectivity index (χ1n) is 10.1. The Kier molecular flexibility index (Phi) is 7.80. The number of ether oxygens (including phenoxy) is 1. The molecule has 0 fully saturated rings. The third-order valence-electron chi connectivity index (χ3n) is 4.84. The Labute approximate surface area is 188 Å². The molecule has 1 N–H and O–H groups in total. The van der Waals surface area contributed by atoms with Crippen LogP contribution in [0, 0.1) is 0 Å². The Morgan fingerprint density at radius 3 is 2.47 bits per heavy atom. The number of imidazole rings is 1. The van der Waals surface area contributed by atoms with E-state index >= 15 is 0 Å². The molecule has 0 amide bonds. The maximum Gasteiger partial charge on any atom is 0.433 e. The fourth-order valence-corrected chi connectivity index (χ4v) is 3.40. The number of carboxylic acid groups (broad SMARTS) is 1. The molecular formula is C23H22ClF3N2O3. The van der Waals surface area contributed by atoms with Gasteiger partial charge in [-0.05, 0) is 49.6 Å². The zero-order chi connectivity index (χ0) is 23.1. The van der Waals surface area contributed by atoms with E-state index in [1.54, 1.807) is 48.5 Å². The number of halogens is 4. The van der Waals surface area contributed by atoms with E-state index in [2.05, 4.69) is 4.98 Å². The lowest BCUT2D eigenvalue weighted by molar-refractivity contribution is -0.143. The van der Waals surface area contributed by atoms with Crippen molar-refractivity contribution in [1.29, 1.82) is 0 Å². The summed E-state index contributed by atoms with van der Waals surface area (Å²) in [5, 5.41) is 9.16.